The molecule has 0 spiro atoms. The number of carbonyl (C=O) groups excluding carboxylic acids is 1. The SMILES string of the molecule is CC(C)(C)OC(=O)c1ccc2ncccc2c1. The number of nitrogens with zero attached hydrogens (tertiary/aromatic N) is 1. The van der Waals surface area contributed by atoms with Crippen LogP contribution in [-0.2, 0) is 4.74 Å². The zero-order valence-corrected chi connectivity index (χ0v) is 10.2. The lowest BCUT2D eigenvalue weighted by Crippen LogP contribution is -2.23. The molecule has 0 N–H and O–H groups in total. The predicted molar refractivity (Wildman–Crippen MR) is 66.9 cm³/mol. The standard InChI is InChI=1S/C14H15NO2/c1-14(2,3)17-13(16)11-6-7-12-10(9-11)5-4-8-15-12/h4-9H,1-3H3. The number of pyridine rings is 1. The normalized spacial score (nSPS) is 11.5. The molecular formula is C14H15NO2. The molecule has 0 atom stereocenters. The van der Waals surface area contributed by atoms with Gasteiger partial charge in [0.05, 0.1) is 11.1 Å². The van der Waals surface area contributed by atoms with E-state index in [2.05, 4.69) is 4.98 Å². The van der Waals surface area contributed by atoms with Crippen LogP contribution in [0.4, 0.5) is 0 Å². The van der Waals surface area contributed by atoms with Gasteiger partial charge >= 0.3 is 5.97 Å². The van der Waals surface area contributed by atoms with Crippen LogP contribution in [0, 0.1) is 0 Å². The maximum Gasteiger partial charge on any atom is 0.338 e. The zero-order chi connectivity index (χ0) is 12.5. The quantitative estimate of drug-likeness (QED) is 0.705. The van der Waals surface area contributed by atoms with Crippen molar-refractivity contribution < 1.29 is 9.53 Å². The average molecular weight is 229 g/mol. The van der Waals surface area contributed by atoms with Gasteiger partial charge in [0.15, 0.2) is 0 Å². The van der Waals surface area contributed by atoms with Gasteiger partial charge in [0.1, 0.15) is 5.60 Å². The molecule has 0 unspecified atom stereocenters. The number of aromatic nitrogens is 1. The molecule has 3 heteroatoms. The minimum absolute atomic E-state index is 0.303. The lowest BCUT2D eigenvalue weighted by Gasteiger charge is -2.19. The van der Waals surface area contributed by atoms with E-state index in [1.165, 1.54) is 0 Å². The monoisotopic (exact) mass is 229 g/mol. The molecule has 0 aliphatic rings. The van der Waals surface area contributed by atoms with Crippen molar-refractivity contribution in [3.05, 3.63) is 42.1 Å². The summed E-state index contributed by atoms with van der Waals surface area (Å²) in [5.74, 6) is -0.303. The van der Waals surface area contributed by atoms with Crippen molar-refractivity contribution in [2.75, 3.05) is 0 Å². The maximum absolute atomic E-state index is 11.9. The van der Waals surface area contributed by atoms with E-state index in [0.717, 1.165) is 10.9 Å². The van der Waals surface area contributed by atoms with E-state index < -0.39 is 5.60 Å². The van der Waals surface area contributed by atoms with E-state index in [0.29, 0.717) is 5.56 Å². The molecule has 0 aliphatic carbocycles. The first-order valence-corrected chi connectivity index (χ1v) is 5.54. The van der Waals surface area contributed by atoms with Gasteiger partial charge in [-0.1, -0.05) is 6.07 Å². The molecule has 1 heterocycles. The number of esters is 1. The summed E-state index contributed by atoms with van der Waals surface area (Å²) in [4.78, 5) is 16.1. The smallest absolute Gasteiger partial charge is 0.338 e. The molecule has 0 saturated heterocycles. The largest absolute Gasteiger partial charge is 0.456 e. The van der Waals surface area contributed by atoms with E-state index in [9.17, 15) is 4.79 Å². The number of benzene rings is 1. The van der Waals surface area contributed by atoms with E-state index in [4.69, 9.17) is 4.74 Å². The third kappa shape index (κ3) is 2.81. The van der Waals surface area contributed by atoms with Crippen LogP contribution in [0.3, 0.4) is 0 Å². The second kappa shape index (κ2) is 4.17. The molecular weight excluding hydrogens is 214 g/mol. The molecule has 17 heavy (non-hydrogen) atoms. The molecule has 0 amide bonds. The average Bonchev–Trinajstić information content (AvgIpc) is 2.26. The summed E-state index contributed by atoms with van der Waals surface area (Å²) < 4.78 is 5.31. The van der Waals surface area contributed by atoms with Gasteiger partial charge in [0.25, 0.3) is 0 Å². The summed E-state index contributed by atoms with van der Waals surface area (Å²) in [6.45, 7) is 5.56. The van der Waals surface area contributed by atoms with E-state index in [1.807, 2.05) is 39.0 Å². The minimum Gasteiger partial charge on any atom is -0.456 e. The fourth-order valence-corrected chi connectivity index (χ4v) is 1.54. The zero-order valence-electron chi connectivity index (χ0n) is 10.2. The second-order valence-electron chi connectivity index (χ2n) is 4.91. The van der Waals surface area contributed by atoms with Crippen LogP contribution in [0.5, 0.6) is 0 Å². The van der Waals surface area contributed by atoms with E-state index >= 15 is 0 Å². The highest BCUT2D eigenvalue weighted by Gasteiger charge is 2.17. The summed E-state index contributed by atoms with van der Waals surface area (Å²) in [5, 5.41) is 0.941. The molecule has 1 aromatic heterocycles. The van der Waals surface area contributed by atoms with Crippen molar-refractivity contribution in [3.63, 3.8) is 0 Å². The van der Waals surface area contributed by atoms with Crippen molar-refractivity contribution in [2.45, 2.75) is 26.4 Å². The van der Waals surface area contributed by atoms with Crippen molar-refractivity contribution in [1.82, 2.24) is 4.98 Å². The number of hydrogen-bond donors (Lipinski definition) is 0. The fraction of sp³-hybridized carbons (Fsp3) is 0.286. The Morgan fingerprint density at radius 1 is 1.24 bits per heavy atom. The fourth-order valence-electron chi connectivity index (χ4n) is 1.54. The van der Waals surface area contributed by atoms with Crippen LogP contribution in [0.15, 0.2) is 36.5 Å². The maximum atomic E-state index is 11.9. The number of hydrogen-bond acceptors (Lipinski definition) is 3. The molecule has 0 radical (unpaired) electrons. The first-order chi connectivity index (χ1) is 7.96. The second-order valence-corrected chi connectivity index (χ2v) is 4.91. The molecule has 1 aromatic carbocycles. The highest BCUT2D eigenvalue weighted by Crippen LogP contribution is 2.16. The van der Waals surface area contributed by atoms with Crippen molar-refractivity contribution >= 4 is 16.9 Å². The summed E-state index contributed by atoms with van der Waals surface area (Å²) in [5.41, 5.74) is 0.960. The molecule has 0 fully saturated rings. The van der Waals surface area contributed by atoms with Crippen LogP contribution >= 0.6 is 0 Å². The molecule has 0 bridgehead atoms. The highest BCUT2D eigenvalue weighted by atomic mass is 16.6. The number of fused-ring (bicyclic) bond motifs is 1. The first kappa shape index (κ1) is 11.6. The van der Waals surface area contributed by atoms with Gasteiger partial charge in [-0.15, -0.1) is 0 Å². The van der Waals surface area contributed by atoms with Crippen molar-refractivity contribution in [1.29, 1.82) is 0 Å². The van der Waals surface area contributed by atoms with Gasteiger partial charge in [0, 0.05) is 11.6 Å². The number of rotatable bonds is 1. The van der Waals surface area contributed by atoms with Crippen LogP contribution in [0.25, 0.3) is 10.9 Å². The predicted octanol–water partition coefficient (Wildman–Crippen LogP) is 3.19. The molecule has 0 saturated carbocycles. The third-order valence-corrected chi connectivity index (χ3v) is 2.24. The Bertz CT molecular complexity index is 555. The van der Waals surface area contributed by atoms with Gasteiger partial charge in [0.2, 0.25) is 0 Å². The Hall–Kier alpha value is -1.90. The first-order valence-electron chi connectivity index (χ1n) is 5.54. The number of carbonyl (C=O) groups is 1. The Morgan fingerprint density at radius 3 is 2.71 bits per heavy atom. The van der Waals surface area contributed by atoms with E-state index in [-0.39, 0.29) is 5.97 Å². The van der Waals surface area contributed by atoms with Gasteiger partial charge in [-0.2, -0.15) is 0 Å². The van der Waals surface area contributed by atoms with Gasteiger partial charge in [-0.05, 0) is 45.0 Å². The van der Waals surface area contributed by atoms with Crippen LogP contribution < -0.4 is 0 Å². The van der Waals surface area contributed by atoms with Crippen LogP contribution in [0.1, 0.15) is 31.1 Å². The lowest BCUT2D eigenvalue weighted by molar-refractivity contribution is 0.00697. The molecule has 3 nitrogen and oxygen atoms in total. The lowest BCUT2D eigenvalue weighted by atomic mass is 10.1. The Morgan fingerprint density at radius 2 is 2.00 bits per heavy atom. The summed E-state index contributed by atoms with van der Waals surface area (Å²) >= 11 is 0. The van der Waals surface area contributed by atoms with Crippen molar-refractivity contribution in [3.8, 4) is 0 Å². The van der Waals surface area contributed by atoms with Gasteiger partial charge < -0.3 is 4.74 Å². The summed E-state index contributed by atoms with van der Waals surface area (Å²) in [6.07, 6.45) is 1.73. The third-order valence-electron chi connectivity index (χ3n) is 2.24. The Kier molecular flexibility index (Phi) is 2.84. The van der Waals surface area contributed by atoms with Crippen LogP contribution in [-0.4, -0.2) is 16.6 Å². The minimum atomic E-state index is -0.471. The molecule has 2 rings (SSSR count). The van der Waals surface area contributed by atoms with Gasteiger partial charge in [-0.25, -0.2) is 4.79 Å². The van der Waals surface area contributed by atoms with Gasteiger partial charge in [-0.3, -0.25) is 4.98 Å². The summed E-state index contributed by atoms with van der Waals surface area (Å²) in [7, 11) is 0. The Balaban J connectivity index is 2.33. The molecule has 2 aromatic rings. The number of ether oxygens (including phenoxy) is 1. The highest BCUT2D eigenvalue weighted by molar-refractivity contribution is 5.94. The van der Waals surface area contributed by atoms with E-state index in [1.54, 1.807) is 18.3 Å². The topological polar surface area (TPSA) is 39.2 Å². The molecule has 88 valence electrons. The van der Waals surface area contributed by atoms with Crippen LogP contribution in [0.2, 0.25) is 0 Å². The molecule has 0 aliphatic heterocycles. The van der Waals surface area contributed by atoms with Crippen molar-refractivity contribution in [2.24, 2.45) is 0 Å². The summed E-state index contributed by atoms with van der Waals surface area (Å²) in [6, 6.07) is 9.14. The Labute approximate surface area is 100 Å².